The van der Waals surface area contributed by atoms with Gasteiger partial charge in [-0.25, -0.2) is 8.42 Å². The third kappa shape index (κ3) is 3.84. The van der Waals surface area contributed by atoms with Crippen molar-refractivity contribution in [1.29, 1.82) is 0 Å². The Kier molecular flexibility index (Phi) is 4.80. The summed E-state index contributed by atoms with van der Waals surface area (Å²) in [6.45, 7) is 2.59. The zero-order valence-electron chi connectivity index (χ0n) is 13.6. The van der Waals surface area contributed by atoms with E-state index in [4.69, 9.17) is 15.9 Å². The summed E-state index contributed by atoms with van der Waals surface area (Å²) >= 11 is 0. The lowest BCUT2D eigenvalue weighted by atomic mass is 10.2. The molecular formula is C16H20N4O4S. The van der Waals surface area contributed by atoms with Crippen LogP contribution in [0.25, 0.3) is 0 Å². The molecule has 0 spiro atoms. The van der Waals surface area contributed by atoms with Crippen LogP contribution in [0.5, 0.6) is 0 Å². The zero-order chi connectivity index (χ0) is 18.0. The summed E-state index contributed by atoms with van der Waals surface area (Å²) in [6, 6.07) is 10.2. The first-order valence-electron chi connectivity index (χ1n) is 7.83. The molecule has 4 N–H and O–H groups in total. The van der Waals surface area contributed by atoms with Crippen LogP contribution in [0.4, 0.5) is 5.69 Å². The first-order valence-corrected chi connectivity index (χ1v) is 9.27. The monoisotopic (exact) mass is 364 g/mol. The zero-order valence-corrected chi connectivity index (χ0v) is 14.4. The van der Waals surface area contributed by atoms with E-state index in [9.17, 15) is 13.2 Å². The van der Waals surface area contributed by atoms with E-state index in [1.165, 1.54) is 16.4 Å². The van der Waals surface area contributed by atoms with Crippen molar-refractivity contribution in [3.63, 3.8) is 0 Å². The van der Waals surface area contributed by atoms with Crippen molar-refractivity contribution < 1.29 is 17.6 Å². The molecule has 9 heteroatoms. The average Bonchev–Trinajstić information content (AvgIpc) is 3.06. The Hall–Kier alpha value is -2.36. The van der Waals surface area contributed by atoms with Crippen molar-refractivity contribution in [3.8, 4) is 0 Å². The minimum Gasteiger partial charge on any atom is -0.438 e. The number of sulfonamides is 1. The highest BCUT2D eigenvalue weighted by Gasteiger charge is 2.31. The van der Waals surface area contributed by atoms with Gasteiger partial charge in [0.25, 0.3) is 15.9 Å². The second-order valence-corrected chi connectivity index (χ2v) is 7.78. The number of anilines is 1. The Morgan fingerprint density at radius 1 is 1.12 bits per heavy atom. The van der Waals surface area contributed by atoms with E-state index in [0.717, 1.165) is 5.56 Å². The second kappa shape index (κ2) is 6.87. The summed E-state index contributed by atoms with van der Waals surface area (Å²) in [7, 11) is -3.77. The fraction of sp³-hybridized carbons (Fsp3) is 0.312. The Labute approximate surface area is 146 Å². The molecule has 1 saturated heterocycles. The molecule has 0 atom stereocenters. The molecule has 1 fully saturated rings. The summed E-state index contributed by atoms with van der Waals surface area (Å²) in [6.07, 6.45) is 0. The fourth-order valence-electron chi connectivity index (χ4n) is 2.80. The highest BCUT2D eigenvalue weighted by atomic mass is 32.2. The normalized spacial score (nSPS) is 16.8. The molecule has 8 nitrogen and oxygen atoms in total. The number of primary amides is 1. The molecule has 1 aliphatic heterocycles. The van der Waals surface area contributed by atoms with Crippen LogP contribution in [0.15, 0.2) is 45.9 Å². The van der Waals surface area contributed by atoms with Crippen LogP contribution in [0.3, 0.4) is 0 Å². The quantitative estimate of drug-likeness (QED) is 0.743. The molecule has 25 heavy (non-hydrogen) atoms. The van der Waals surface area contributed by atoms with Gasteiger partial charge in [-0.15, -0.1) is 0 Å². The van der Waals surface area contributed by atoms with Gasteiger partial charge in [-0.05, 0) is 29.8 Å². The van der Waals surface area contributed by atoms with E-state index in [0.29, 0.717) is 38.4 Å². The van der Waals surface area contributed by atoms with Gasteiger partial charge in [0.2, 0.25) is 5.09 Å². The minimum absolute atomic E-state index is 0.168. The molecule has 0 radical (unpaired) electrons. The van der Waals surface area contributed by atoms with Gasteiger partial charge in [-0.2, -0.15) is 4.31 Å². The van der Waals surface area contributed by atoms with E-state index in [1.54, 1.807) is 0 Å². The minimum atomic E-state index is -3.77. The lowest BCUT2D eigenvalue weighted by molar-refractivity contribution is 0.0968. The van der Waals surface area contributed by atoms with Crippen molar-refractivity contribution >= 4 is 21.6 Å². The smallest absolute Gasteiger partial charge is 0.284 e. The molecule has 2 aromatic rings. The maximum atomic E-state index is 12.6. The Balaban J connectivity index is 1.63. The van der Waals surface area contributed by atoms with Gasteiger partial charge in [0, 0.05) is 38.4 Å². The average molecular weight is 364 g/mol. The standard InChI is InChI=1S/C16H20N4O4S/c17-13-3-1-2-12(10-13)11-19-6-8-20(9-7-19)25(22,23)15-5-4-14(24-15)16(18)21/h1-5,10H,6-9,11,17H2,(H2,18,21). The largest absolute Gasteiger partial charge is 0.438 e. The van der Waals surface area contributed by atoms with Crippen molar-refractivity contribution in [3.05, 3.63) is 47.7 Å². The molecule has 0 aliphatic carbocycles. The Morgan fingerprint density at radius 3 is 2.44 bits per heavy atom. The number of nitrogens with zero attached hydrogens (tertiary/aromatic N) is 2. The van der Waals surface area contributed by atoms with Crippen molar-refractivity contribution in [2.45, 2.75) is 11.6 Å². The van der Waals surface area contributed by atoms with Crippen LogP contribution >= 0.6 is 0 Å². The molecule has 134 valence electrons. The predicted molar refractivity (Wildman–Crippen MR) is 92.1 cm³/mol. The number of carbonyl (C=O) groups is 1. The number of hydrogen-bond donors (Lipinski definition) is 2. The first kappa shape index (κ1) is 17.5. The second-order valence-electron chi connectivity index (χ2n) is 5.91. The maximum Gasteiger partial charge on any atom is 0.284 e. The van der Waals surface area contributed by atoms with Gasteiger partial charge < -0.3 is 15.9 Å². The van der Waals surface area contributed by atoms with Crippen molar-refractivity contribution in [2.75, 3.05) is 31.9 Å². The van der Waals surface area contributed by atoms with Crippen LogP contribution < -0.4 is 11.5 Å². The third-order valence-electron chi connectivity index (χ3n) is 4.11. The SMILES string of the molecule is NC(=O)c1ccc(S(=O)(=O)N2CCN(Cc3cccc(N)c3)CC2)o1. The summed E-state index contributed by atoms with van der Waals surface area (Å²) in [4.78, 5) is 13.2. The van der Waals surface area contributed by atoms with Gasteiger partial charge in [-0.3, -0.25) is 9.69 Å². The van der Waals surface area contributed by atoms with Crippen LogP contribution in [-0.4, -0.2) is 49.7 Å². The Morgan fingerprint density at radius 2 is 1.84 bits per heavy atom. The number of hydrogen-bond acceptors (Lipinski definition) is 6. The van der Waals surface area contributed by atoms with Gasteiger partial charge in [-0.1, -0.05) is 12.1 Å². The fourth-order valence-corrected chi connectivity index (χ4v) is 4.13. The number of amides is 1. The summed E-state index contributed by atoms with van der Waals surface area (Å²) in [5.74, 6) is -0.965. The molecule has 1 amide bonds. The molecule has 1 aliphatic rings. The van der Waals surface area contributed by atoms with E-state index < -0.39 is 15.9 Å². The number of carbonyl (C=O) groups excluding carboxylic acids is 1. The number of nitrogen functional groups attached to an aromatic ring is 1. The molecule has 0 saturated carbocycles. The number of rotatable bonds is 5. The molecule has 1 aromatic heterocycles. The van der Waals surface area contributed by atoms with Crippen molar-refractivity contribution in [1.82, 2.24) is 9.21 Å². The van der Waals surface area contributed by atoms with Gasteiger partial charge in [0.15, 0.2) is 5.76 Å². The molecular weight excluding hydrogens is 344 g/mol. The van der Waals surface area contributed by atoms with Gasteiger partial charge in [0.1, 0.15) is 0 Å². The highest BCUT2D eigenvalue weighted by molar-refractivity contribution is 7.89. The lowest BCUT2D eigenvalue weighted by Gasteiger charge is -2.33. The van der Waals surface area contributed by atoms with E-state index >= 15 is 0 Å². The molecule has 1 aromatic carbocycles. The van der Waals surface area contributed by atoms with E-state index in [2.05, 4.69) is 4.90 Å². The van der Waals surface area contributed by atoms with Crippen LogP contribution in [0, 0.1) is 0 Å². The summed E-state index contributed by atoms with van der Waals surface area (Å²) in [5, 5.41) is -0.259. The highest BCUT2D eigenvalue weighted by Crippen LogP contribution is 2.21. The maximum absolute atomic E-state index is 12.6. The Bertz CT molecular complexity index is 870. The van der Waals surface area contributed by atoms with Gasteiger partial charge in [0.05, 0.1) is 0 Å². The summed E-state index contributed by atoms with van der Waals surface area (Å²) < 4.78 is 31.6. The number of nitrogens with two attached hydrogens (primary N) is 2. The number of furan rings is 1. The van der Waals surface area contributed by atoms with Crippen molar-refractivity contribution in [2.24, 2.45) is 5.73 Å². The topological polar surface area (TPSA) is 123 Å². The third-order valence-corrected chi connectivity index (χ3v) is 5.88. The van der Waals surface area contributed by atoms with Crippen LogP contribution in [0.2, 0.25) is 0 Å². The number of benzene rings is 1. The van der Waals surface area contributed by atoms with Gasteiger partial charge >= 0.3 is 0 Å². The molecule has 3 rings (SSSR count). The predicted octanol–water partition coefficient (Wildman–Crippen LogP) is 0.467. The number of piperazine rings is 1. The summed E-state index contributed by atoms with van der Waals surface area (Å²) in [5.41, 5.74) is 12.7. The van der Waals surface area contributed by atoms with E-state index in [-0.39, 0.29) is 10.9 Å². The lowest BCUT2D eigenvalue weighted by Crippen LogP contribution is -2.48. The first-order chi connectivity index (χ1) is 11.9. The molecule has 0 unspecified atom stereocenters. The van der Waals surface area contributed by atoms with Crippen LogP contribution in [-0.2, 0) is 16.6 Å². The molecule has 0 bridgehead atoms. The molecule has 2 heterocycles. The van der Waals surface area contributed by atoms with E-state index in [1.807, 2.05) is 24.3 Å². The van der Waals surface area contributed by atoms with Crippen LogP contribution in [0.1, 0.15) is 16.1 Å².